The van der Waals surface area contributed by atoms with Gasteiger partial charge in [0.15, 0.2) is 0 Å². The minimum Gasteiger partial charge on any atom is -0.315 e. The van der Waals surface area contributed by atoms with E-state index in [1.165, 1.54) is 6.54 Å². The van der Waals surface area contributed by atoms with Gasteiger partial charge >= 0.3 is 0 Å². The van der Waals surface area contributed by atoms with E-state index in [0.717, 1.165) is 18.5 Å². The predicted molar refractivity (Wildman–Crippen MR) is 39.5 cm³/mol. The van der Waals surface area contributed by atoms with Gasteiger partial charge in [-0.15, -0.1) is 0 Å². The van der Waals surface area contributed by atoms with Gasteiger partial charge in [-0.05, 0) is 26.6 Å². The highest BCUT2D eigenvalue weighted by Crippen LogP contribution is 2.11. The Hall–Kier alpha value is -0.0800. The van der Waals surface area contributed by atoms with E-state index in [0.29, 0.717) is 0 Å². The maximum absolute atomic E-state index is 3.36. The molecule has 0 aromatic heterocycles. The van der Waals surface area contributed by atoms with Crippen molar-refractivity contribution in [2.24, 2.45) is 5.92 Å². The Morgan fingerprint density at radius 1 is 1.33 bits per heavy atom. The van der Waals surface area contributed by atoms with E-state index < -0.39 is 0 Å². The summed E-state index contributed by atoms with van der Waals surface area (Å²) in [4.78, 5) is 2.30. The molecule has 2 nitrogen and oxygen atoms in total. The van der Waals surface area contributed by atoms with Crippen LogP contribution >= 0.6 is 0 Å². The average molecular weight is 128 g/mol. The molecular formula is C7H16N2. The lowest BCUT2D eigenvalue weighted by atomic mass is 10.1. The molecule has 2 heteroatoms. The van der Waals surface area contributed by atoms with Gasteiger partial charge in [-0.3, -0.25) is 0 Å². The summed E-state index contributed by atoms with van der Waals surface area (Å²) in [6.45, 7) is 4.64. The summed E-state index contributed by atoms with van der Waals surface area (Å²) in [5.74, 6) is 0.819. The van der Waals surface area contributed by atoms with Crippen molar-refractivity contribution in [3.05, 3.63) is 0 Å². The summed E-state index contributed by atoms with van der Waals surface area (Å²) < 4.78 is 0. The summed E-state index contributed by atoms with van der Waals surface area (Å²) >= 11 is 0. The van der Waals surface area contributed by atoms with Gasteiger partial charge in [-0.1, -0.05) is 6.92 Å². The number of hydrogen-bond acceptors (Lipinski definition) is 2. The molecule has 54 valence electrons. The summed E-state index contributed by atoms with van der Waals surface area (Å²) in [6.07, 6.45) is 0. The third-order valence-corrected chi connectivity index (χ3v) is 2.14. The molecule has 1 rings (SSSR count). The van der Waals surface area contributed by atoms with Gasteiger partial charge in [0.1, 0.15) is 0 Å². The lowest BCUT2D eigenvalue weighted by molar-refractivity contribution is 0.266. The van der Waals surface area contributed by atoms with Crippen LogP contribution in [0.1, 0.15) is 6.92 Å². The number of nitrogens with one attached hydrogen (secondary N) is 1. The Morgan fingerprint density at radius 2 is 2.00 bits per heavy atom. The number of nitrogens with zero attached hydrogens (tertiary/aromatic N) is 1. The molecule has 9 heavy (non-hydrogen) atoms. The van der Waals surface area contributed by atoms with Gasteiger partial charge in [0.25, 0.3) is 0 Å². The van der Waals surface area contributed by atoms with Crippen LogP contribution in [0.5, 0.6) is 0 Å². The molecule has 0 aromatic rings. The Bertz CT molecular complexity index is 90.9. The van der Waals surface area contributed by atoms with Crippen molar-refractivity contribution in [3.8, 4) is 0 Å². The predicted octanol–water partition coefficient (Wildman–Crippen LogP) is 0.156. The van der Waals surface area contributed by atoms with Crippen LogP contribution in [0.2, 0.25) is 0 Å². The second-order valence-corrected chi connectivity index (χ2v) is 3.17. The molecule has 1 heterocycles. The van der Waals surface area contributed by atoms with Crippen molar-refractivity contribution in [1.29, 1.82) is 0 Å². The second kappa shape index (κ2) is 2.67. The van der Waals surface area contributed by atoms with Crippen LogP contribution in [-0.4, -0.2) is 38.1 Å². The molecule has 1 saturated heterocycles. The van der Waals surface area contributed by atoms with Crippen molar-refractivity contribution in [3.63, 3.8) is 0 Å². The minimum atomic E-state index is 0.755. The van der Waals surface area contributed by atoms with E-state index in [1.807, 2.05) is 0 Å². The molecule has 0 spiro atoms. The fourth-order valence-electron chi connectivity index (χ4n) is 1.49. The fraction of sp³-hybridized carbons (Fsp3) is 1.00. The Morgan fingerprint density at radius 3 is 2.22 bits per heavy atom. The van der Waals surface area contributed by atoms with Gasteiger partial charge < -0.3 is 10.2 Å². The standard InChI is InChI=1S/C7H16N2/c1-6-4-8-5-7(6)9(2)3/h6-8H,4-5H2,1-3H3/t6-,7-/m0/s1. The molecule has 0 aliphatic carbocycles. The lowest BCUT2D eigenvalue weighted by Gasteiger charge is -2.21. The third kappa shape index (κ3) is 1.43. The minimum absolute atomic E-state index is 0.755. The maximum atomic E-state index is 3.36. The summed E-state index contributed by atoms with van der Waals surface area (Å²) in [5, 5.41) is 3.36. The zero-order valence-electron chi connectivity index (χ0n) is 6.52. The van der Waals surface area contributed by atoms with Crippen LogP contribution in [0.25, 0.3) is 0 Å². The first-order valence-corrected chi connectivity index (χ1v) is 3.59. The SMILES string of the molecule is C[C@H]1CNC[C@@H]1N(C)C. The summed E-state index contributed by atoms with van der Waals surface area (Å²) in [6, 6.07) is 0.755. The summed E-state index contributed by atoms with van der Waals surface area (Å²) in [7, 11) is 4.29. The van der Waals surface area contributed by atoms with E-state index in [9.17, 15) is 0 Å². The molecule has 0 bridgehead atoms. The van der Waals surface area contributed by atoms with Crippen LogP contribution < -0.4 is 5.32 Å². The first-order valence-electron chi connectivity index (χ1n) is 3.59. The second-order valence-electron chi connectivity index (χ2n) is 3.17. The van der Waals surface area contributed by atoms with Crippen LogP contribution in [0.4, 0.5) is 0 Å². The van der Waals surface area contributed by atoms with Crippen molar-refractivity contribution < 1.29 is 0 Å². The van der Waals surface area contributed by atoms with E-state index in [1.54, 1.807) is 0 Å². The largest absolute Gasteiger partial charge is 0.315 e. The molecular weight excluding hydrogens is 112 g/mol. The maximum Gasteiger partial charge on any atom is 0.0252 e. The number of hydrogen-bond donors (Lipinski definition) is 1. The number of rotatable bonds is 1. The van der Waals surface area contributed by atoms with Crippen molar-refractivity contribution in [1.82, 2.24) is 10.2 Å². The van der Waals surface area contributed by atoms with Gasteiger partial charge in [-0.2, -0.15) is 0 Å². The molecule has 0 aromatic carbocycles. The van der Waals surface area contributed by atoms with Crippen molar-refractivity contribution in [2.75, 3.05) is 27.2 Å². The van der Waals surface area contributed by atoms with Crippen molar-refractivity contribution in [2.45, 2.75) is 13.0 Å². The van der Waals surface area contributed by atoms with Gasteiger partial charge in [0.05, 0.1) is 0 Å². The molecule has 1 aliphatic rings. The zero-order valence-corrected chi connectivity index (χ0v) is 6.52. The van der Waals surface area contributed by atoms with Crippen LogP contribution in [0, 0.1) is 5.92 Å². The molecule has 0 unspecified atom stereocenters. The monoisotopic (exact) mass is 128 g/mol. The quantitative estimate of drug-likeness (QED) is 0.541. The fourth-order valence-corrected chi connectivity index (χ4v) is 1.49. The molecule has 1 fully saturated rings. The Kier molecular flexibility index (Phi) is 2.09. The van der Waals surface area contributed by atoms with E-state index in [2.05, 4.69) is 31.2 Å². The van der Waals surface area contributed by atoms with E-state index in [4.69, 9.17) is 0 Å². The topological polar surface area (TPSA) is 15.3 Å². The van der Waals surface area contributed by atoms with Crippen LogP contribution in [-0.2, 0) is 0 Å². The first-order chi connectivity index (χ1) is 4.22. The van der Waals surface area contributed by atoms with Gasteiger partial charge in [0.2, 0.25) is 0 Å². The van der Waals surface area contributed by atoms with Gasteiger partial charge in [-0.25, -0.2) is 0 Å². The van der Waals surface area contributed by atoms with E-state index in [-0.39, 0.29) is 0 Å². The molecule has 0 saturated carbocycles. The molecule has 1 aliphatic heterocycles. The smallest absolute Gasteiger partial charge is 0.0252 e. The van der Waals surface area contributed by atoms with Gasteiger partial charge in [0, 0.05) is 12.6 Å². The number of likely N-dealkylation sites (N-methyl/N-ethyl adjacent to an activating group) is 1. The summed E-state index contributed by atoms with van der Waals surface area (Å²) in [5.41, 5.74) is 0. The normalized spacial score (nSPS) is 36.0. The first kappa shape index (κ1) is 7.03. The molecule has 0 radical (unpaired) electrons. The van der Waals surface area contributed by atoms with Crippen molar-refractivity contribution >= 4 is 0 Å². The zero-order chi connectivity index (χ0) is 6.85. The Labute approximate surface area is 57.2 Å². The van der Waals surface area contributed by atoms with Crippen LogP contribution in [0.3, 0.4) is 0 Å². The highest BCUT2D eigenvalue weighted by molar-refractivity contribution is 4.83. The lowest BCUT2D eigenvalue weighted by Crippen LogP contribution is -2.33. The molecule has 1 N–H and O–H groups in total. The third-order valence-electron chi connectivity index (χ3n) is 2.14. The molecule has 2 atom stereocenters. The highest BCUT2D eigenvalue weighted by Gasteiger charge is 2.23. The highest BCUT2D eigenvalue weighted by atomic mass is 15.2. The van der Waals surface area contributed by atoms with Crippen LogP contribution in [0.15, 0.2) is 0 Å². The molecule has 0 amide bonds. The average Bonchev–Trinajstić information content (AvgIpc) is 2.13. The Balaban J connectivity index is 2.40. The van der Waals surface area contributed by atoms with E-state index >= 15 is 0 Å².